The van der Waals surface area contributed by atoms with E-state index in [1.54, 1.807) is 24.6 Å². The van der Waals surface area contributed by atoms with Crippen molar-refractivity contribution in [3.8, 4) is 5.75 Å². The topological polar surface area (TPSA) is 160 Å². The van der Waals surface area contributed by atoms with Crippen molar-refractivity contribution in [2.75, 3.05) is 44.3 Å². The molecule has 2 aromatic rings. The van der Waals surface area contributed by atoms with Gasteiger partial charge in [-0.15, -0.1) is 0 Å². The SMILES string of the molecule is C[C@@H]1CCCCO[C@@H](CN(C)S(=O)(=O)c2cn(C)cn2)[C@@H](C)CN([C@@H](C)CO)C(=O)c2cc(NS(C)(=O)=O)ccc2O1. The summed E-state index contributed by atoms with van der Waals surface area (Å²) in [6.45, 7) is 5.66. The zero-order valence-electron chi connectivity index (χ0n) is 25.1. The van der Waals surface area contributed by atoms with Gasteiger partial charge in [-0.2, -0.15) is 4.31 Å². The van der Waals surface area contributed by atoms with Gasteiger partial charge in [-0.25, -0.2) is 21.8 Å². The Morgan fingerprint density at radius 1 is 1.21 bits per heavy atom. The first-order valence-electron chi connectivity index (χ1n) is 13.9. The predicted octanol–water partition coefficient (Wildman–Crippen LogP) is 1.91. The van der Waals surface area contributed by atoms with Crippen LogP contribution in [0.15, 0.2) is 35.7 Å². The van der Waals surface area contributed by atoms with E-state index in [0.29, 0.717) is 25.2 Å². The van der Waals surface area contributed by atoms with Crippen LogP contribution in [0.1, 0.15) is 50.4 Å². The molecule has 0 fully saturated rings. The molecule has 1 aliphatic heterocycles. The van der Waals surface area contributed by atoms with Crippen molar-refractivity contribution >= 4 is 31.6 Å². The lowest BCUT2D eigenvalue weighted by Gasteiger charge is -2.35. The third-order valence-corrected chi connectivity index (χ3v) is 9.46. The number of hydrogen-bond donors (Lipinski definition) is 2. The van der Waals surface area contributed by atoms with Gasteiger partial charge in [0.2, 0.25) is 10.0 Å². The first kappa shape index (κ1) is 33.8. The number of nitrogens with zero attached hydrogens (tertiary/aromatic N) is 4. The summed E-state index contributed by atoms with van der Waals surface area (Å²) in [5.74, 6) is -0.513. The molecule has 0 unspecified atom stereocenters. The monoisotopic (exact) mass is 629 g/mol. The highest BCUT2D eigenvalue weighted by Gasteiger charge is 2.33. The van der Waals surface area contributed by atoms with Crippen LogP contribution in [-0.4, -0.2) is 104 Å². The van der Waals surface area contributed by atoms with Gasteiger partial charge >= 0.3 is 0 Å². The number of aliphatic hydroxyl groups excluding tert-OH is 1. The van der Waals surface area contributed by atoms with E-state index in [0.717, 1.165) is 12.7 Å². The highest BCUT2D eigenvalue weighted by atomic mass is 32.2. The minimum Gasteiger partial charge on any atom is -0.490 e. The molecule has 236 valence electrons. The van der Waals surface area contributed by atoms with Crippen LogP contribution >= 0.6 is 0 Å². The van der Waals surface area contributed by atoms with Crippen molar-refractivity contribution in [1.82, 2.24) is 18.8 Å². The number of aliphatic hydroxyl groups is 1. The van der Waals surface area contributed by atoms with Gasteiger partial charge in [0.1, 0.15) is 5.75 Å². The second-order valence-electron chi connectivity index (χ2n) is 11.0. The van der Waals surface area contributed by atoms with Crippen molar-refractivity contribution in [3.05, 3.63) is 36.3 Å². The number of likely N-dealkylation sites (N-methyl/N-ethyl adjacent to an activating group) is 1. The standard InChI is InChI=1S/C27H43N5O8S2/c1-19-14-32(20(2)17-33)27(34)23-13-22(29-41(6,35)36)10-11-24(23)40-21(3)9-7-8-12-39-25(19)15-31(5)42(37,38)26-16-30(4)18-28-26/h10-11,13,16,18-21,25,29,33H,7-9,12,14-15,17H2,1-6H3/t19-,20-,21+,25-/m0/s1. The Morgan fingerprint density at radius 3 is 2.55 bits per heavy atom. The number of fused-ring (bicyclic) bond motifs is 1. The Bertz CT molecular complexity index is 1430. The predicted molar refractivity (Wildman–Crippen MR) is 158 cm³/mol. The van der Waals surface area contributed by atoms with Crippen molar-refractivity contribution in [2.24, 2.45) is 13.0 Å². The summed E-state index contributed by atoms with van der Waals surface area (Å²) in [5, 5.41) is 9.99. The molecular formula is C27H43N5O8S2. The van der Waals surface area contributed by atoms with E-state index in [4.69, 9.17) is 9.47 Å². The molecule has 4 atom stereocenters. The molecule has 42 heavy (non-hydrogen) atoms. The minimum atomic E-state index is -3.89. The van der Waals surface area contributed by atoms with E-state index in [2.05, 4.69) is 9.71 Å². The number of rotatable bonds is 8. The van der Waals surface area contributed by atoms with Crippen LogP contribution < -0.4 is 9.46 Å². The molecule has 15 heteroatoms. The van der Waals surface area contributed by atoms with Gasteiger partial charge in [0, 0.05) is 51.6 Å². The minimum absolute atomic E-state index is 0.0220. The van der Waals surface area contributed by atoms with Gasteiger partial charge in [-0.1, -0.05) is 6.92 Å². The zero-order chi connectivity index (χ0) is 31.2. The molecule has 1 aromatic heterocycles. The number of ether oxygens (including phenoxy) is 2. The van der Waals surface area contributed by atoms with Gasteiger partial charge in [-0.3, -0.25) is 9.52 Å². The van der Waals surface area contributed by atoms with Gasteiger partial charge in [-0.05, 0) is 51.3 Å². The molecule has 0 radical (unpaired) electrons. The van der Waals surface area contributed by atoms with Crippen LogP contribution in [0.3, 0.4) is 0 Å². The maximum atomic E-state index is 14.1. The van der Waals surface area contributed by atoms with Gasteiger partial charge in [0.25, 0.3) is 15.9 Å². The molecule has 2 heterocycles. The fourth-order valence-electron chi connectivity index (χ4n) is 4.70. The van der Waals surface area contributed by atoms with Crippen LogP contribution in [-0.2, 0) is 31.8 Å². The molecule has 0 spiro atoms. The average Bonchev–Trinajstić information content (AvgIpc) is 3.36. The summed E-state index contributed by atoms with van der Waals surface area (Å²) in [4.78, 5) is 19.5. The number of nitrogens with one attached hydrogen (secondary N) is 1. The summed E-state index contributed by atoms with van der Waals surface area (Å²) in [7, 11) is -4.34. The van der Waals surface area contributed by atoms with Crippen LogP contribution in [0.2, 0.25) is 0 Å². The molecule has 0 aliphatic carbocycles. The largest absolute Gasteiger partial charge is 0.490 e. The van der Waals surface area contributed by atoms with Crippen molar-refractivity contribution in [2.45, 2.75) is 63.3 Å². The first-order valence-corrected chi connectivity index (χ1v) is 17.2. The lowest BCUT2D eigenvalue weighted by molar-refractivity contribution is -0.00835. The number of carbonyl (C=O) groups is 1. The molecule has 2 N–H and O–H groups in total. The van der Waals surface area contributed by atoms with Gasteiger partial charge < -0.3 is 24.0 Å². The number of benzene rings is 1. The van der Waals surface area contributed by atoms with Crippen LogP contribution in [0.5, 0.6) is 5.75 Å². The smallest absolute Gasteiger partial charge is 0.261 e. The molecule has 0 saturated heterocycles. The van der Waals surface area contributed by atoms with Crippen LogP contribution in [0, 0.1) is 5.92 Å². The molecule has 1 amide bonds. The Hall–Kier alpha value is -2.72. The second-order valence-corrected chi connectivity index (χ2v) is 14.8. The summed E-state index contributed by atoms with van der Waals surface area (Å²) >= 11 is 0. The maximum Gasteiger partial charge on any atom is 0.261 e. The molecule has 0 saturated carbocycles. The highest BCUT2D eigenvalue weighted by molar-refractivity contribution is 7.92. The van der Waals surface area contributed by atoms with Gasteiger partial charge in [0.15, 0.2) is 5.03 Å². The fraction of sp³-hybridized carbons (Fsp3) is 0.630. The Balaban J connectivity index is 1.98. The first-order chi connectivity index (χ1) is 19.6. The number of hydrogen-bond acceptors (Lipinski definition) is 9. The Morgan fingerprint density at radius 2 is 1.93 bits per heavy atom. The van der Waals surface area contributed by atoms with E-state index >= 15 is 0 Å². The van der Waals surface area contributed by atoms with Crippen molar-refractivity contribution in [1.29, 1.82) is 0 Å². The molecule has 1 aromatic carbocycles. The summed E-state index contributed by atoms with van der Waals surface area (Å²) in [6, 6.07) is 3.92. The third-order valence-electron chi connectivity index (χ3n) is 7.15. The summed E-state index contributed by atoms with van der Waals surface area (Å²) in [5.41, 5.74) is 0.349. The Labute approximate surface area is 248 Å². The van der Waals surface area contributed by atoms with E-state index in [9.17, 15) is 26.7 Å². The van der Waals surface area contributed by atoms with E-state index in [-0.39, 0.29) is 48.0 Å². The molecular weight excluding hydrogens is 586 g/mol. The molecule has 1 aliphatic rings. The van der Waals surface area contributed by atoms with E-state index < -0.39 is 38.1 Å². The normalized spacial score (nSPS) is 22.2. The number of sulfonamides is 2. The third kappa shape index (κ3) is 8.89. The quantitative estimate of drug-likeness (QED) is 0.445. The number of imidazole rings is 1. The number of amides is 1. The maximum absolute atomic E-state index is 14.1. The van der Waals surface area contributed by atoms with Gasteiger partial charge in [0.05, 0.1) is 43.0 Å². The summed E-state index contributed by atoms with van der Waals surface area (Å²) in [6.07, 6.45) is 5.20. The zero-order valence-corrected chi connectivity index (χ0v) is 26.7. The highest BCUT2D eigenvalue weighted by Crippen LogP contribution is 2.29. The molecule has 13 nitrogen and oxygen atoms in total. The summed E-state index contributed by atoms with van der Waals surface area (Å²) < 4.78 is 67.7. The molecule has 3 rings (SSSR count). The number of anilines is 1. The van der Waals surface area contributed by atoms with Crippen molar-refractivity contribution < 1.29 is 36.2 Å². The van der Waals surface area contributed by atoms with E-state index in [1.807, 2.05) is 13.8 Å². The van der Waals surface area contributed by atoms with Crippen LogP contribution in [0.25, 0.3) is 0 Å². The second kappa shape index (κ2) is 14.2. The van der Waals surface area contributed by atoms with Crippen LogP contribution in [0.4, 0.5) is 5.69 Å². The lowest BCUT2D eigenvalue weighted by atomic mass is 10.0. The average molecular weight is 630 g/mol. The fourth-order valence-corrected chi connectivity index (χ4v) is 6.39. The number of aromatic nitrogens is 2. The molecule has 0 bridgehead atoms. The van der Waals surface area contributed by atoms with Crippen molar-refractivity contribution in [3.63, 3.8) is 0 Å². The number of carbonyl (C=O) groups excluding carboxylic acids is 1. The lowest BCUT2D eigenvalue weighted by Crippen LogP contribution is -2.48. The van der Waals surface area contributed by atoms with E-state index in [1.165, 1.54) is 40.9 Å². The number of aryl methyl sites for hydroxylation is 1. The Kier molecular flexibility index (Phi) is 11.4.